The van der Waals surface area contributed by atoms with Gasteiger partial charge in [-0.2, -0.15) is 0 Å². The number of pyridine rings is 1. The average Bonchev–Trinajstić information content (AvgIpc) is 2.58. The Morgan fingerprint density at radius 2 is 2.33 bits per heavy atom. The van der Waals surface area contributed by atoms with Crippen LogP contribution in [0.4, 0.5) is 5.82 Å². The number of nitrogens with zero attached hydrogens (tertiary/aromatic N) is 2. The molecule has 1 atom stereocenters. The Balaban J connectivity index is 2.37. The molecule has 2 rings (SSSR count). The SMILES string of the molecule is CC(N)CNc1nccc2ccn(C)c12. The molecule has 1 unspecified atom stereocenters. The van der Waals surface area contributed by atoms with Crippen molar-refractivity contribution in [2.24, 2.45) is 12.8 Å². The van der Waals surface area contributed by atoms with Gasteiger partial charge in [0.1, 0.15) is 0 Å². The predicted octanol–water partition coefficient (Wildman–Crippen LogP) is 1.33. The third kappa shape index (κ3) is 1.94. The van der Waals surface area contributed by atoms with E-state index in [1.165, 1.54) is 5.39 Å². The number of hydrogen-bond donors (Lipinski definition) is 2. The normalized spacial score (nSPS) is 13.0. The van der Waals surface area contributed by atoms with Crippen LogP contribution in [0.15, 0.2) is 24.5 Å². The van der Waals surface area contributed by atoms with E-state index in [1.54, 1.807) is 0 Å². The third-order valence-electron chi connectivity index (χ3n) is 2.38. The molecule has 0 saturated carbocycles. The lowest BCUT2D eigenvalue weighted by molar-refractivity contribution is 0.777. The number of aromatic nitrogens is 2. The summed E-state index contributed by atoms with van der Waals surface area (Å²) in [5, 5.41) is 4.45. The number of hydrogen-bond acceptors (Lipinski definition) is 3. The van der Waals surface area contributed by atoms with E-state index in [0.717, 1.165) is 17.9 Å². The maximum atomic E-state index is 5.70. The number of nitrogens with one attached hydrogen (secondary N) is 1. The van der Waals surface area contributed by atoms with Gasteiger partial charge in [-0.25, -0.2) is 4.98 Å². The molecule has 0 saturated heterocycles. The van der Waals surface area contributed by atoms with Crippen LogP contribution in [0.2, 0.25) is 0 Å². The Morgan fingerprint density at radius 1 is 1.53 bits per heavy atom. The molecule has 0 fully saturated rings. The zero-order valence-electron chi connectivity index (χ0n) is 9.07. The molecule has 15 heavy (non-hydrogen) atoms. The van der Waals surface area contributed by atoms with Gasteiger partial charge in [0.25, 0.3) is 0 Å². The maximum Gasteiger partial charge on any atom is 0.150 e. The molecule has 4 heteroatoms. The van der Waals surface area contributed by atoms with Crippen molar-refractivity contribution in [2.75, 3.05) is 11.9 Å². The lowest BCUT2D eigenvalue weighted by Crippen LogP contribution is -2.25. The predicted molar refractivity (Wildman–Crippen MR) is 62.9 cm³/mol. The number of rotatable bonds is 3. The third-order valence-corrected chi connectivity index (χ3v) is 2.38. The zero-order valence-corrected chi connectivity index (χ0v) is 9.07. The van der Waals surface area contributed by atoms with E-state index in [4.69, 9.17) is 5.73 Å². The lowest BCUT2D eigenvalue weighted by atomic mass is 10.3. The van der Waals surface area contributed by atoms with Crippen LogP contribution in [0.25, 0.3) is 10.9 Å². The van der Waals surface area contributed by atoms with Crippen LogP contribution in [0.1, 0.15) is 6.92 Å². The van der Waals surface area contributed by atoms with Gasteiger partial charge in [0.15, 0.2) is 5.82 Å². The minimum Gasteiger partial charge on any atom is -0.367 e. The highest BCUT2D eigenvalue weighted by molar-refractivity contribution is 5.89. The summed E-state index contributed by atoms with van der Waals surface area (Å²) in [6.45, 7) is 2.70. The molecule has 0 aliphatic carbocycles. The van der Waals surface area contributed by atoms with Gasteiger partial charge in [-0.15, -0.1) is 0 Å². The first kappa shape index (κ1) is 9.98. The fourth-order valence-electron chi connectivity index (χ4n) is 1.63. The van der Waals surface area contributed by atoms with Gasteiger partial charge in [0, 0.05) is 37.4 Å². The number of fused-ring (bicyclic) bond motifs is 1. The van der Waals surface area contributed by atoms with E-state index >= 15 is 0 Å². The van der Waals surface area contributed by atoms with E-state index in [9.17, 15) is 0 Å². The van der Waals surface area contributed by atoms with Crippen molar-refractivity contribution in [3.63, 3.8) is 0 Å². The second-order valence-electron chi connectivity index (χ2n) is 3.88. The molecule has 4 nitrogen and oxygen atoms in total. The van der Waals surface area contributed by atoms with Crippen LogP contribution in [-0.4, -0.2) is 22.1 Å². The zero-order chi connectivity index (χ0) is 10.8. The molecule has 3 N–H and O–H groups in total. The Hall–Kier alpha value is -1.55. The quantitative estimate of drug-likeness (QED) is 0.793. The highest BCUT2D eigenvalue weighted by Crippen LogP contribution is 2.20. The van der Waals surface area contributed by atoms with E-state index in [-0.39, 0.29) is 6.04 Å². The summed E-state index contributed by atoms with van der Waals surface area (Å²) in [6, 6.07) is 4.21. The molecule has 0 radical (unpaired) electrons. The fourth-order valence-corrected chi connectivity index (χ4v) is 1.63. The summed E-state index contributed by atoms with van der Waals surface area (Å²) >= 11 is 0. The minimum absolute atomic E-state index is 0.127. The molecule has 2 heterocycles. The summed E-state index contributed by atoms with van der Waals surface area (Å²) in [5.74, 6) is 0.900. The van der Waals surface area contributed by atoms with Gasteiger partial charge in [-0.05, 0) is 19.1 Å². The van der Waals surface area contributed by atoms with E-state index < -0.39 is 0 Å². The summed E-state index contributed by atoms with van der Waals surface area (Å²) in [4.78, 5) is 4.32. The smallest absolute Gasteiger partial charge is 0.150 e. The first-order valence-electron chi connectivity index (χ1n) is 5.08. The Bertz CT molecular complexity index is 459. The average molecular weight is 204 g/mol. The Labute approximate surface area is 89.1 Å². The van der Waals surface area contributed by atoms with Crippen molar-refractivity contribution >= 4 is 16.7 Å². The van der Waals surface area contributed by atoms with Crippen LogP contribution in [0.5, 0.6) is 0 Å². The summed E-state index contributed by atoms with van der Waals surface area (Å²) in [6.07, 6.45) is 3.84. The van der Waals surface area contributed by atoms with Crippen molar-refractivity contribution in [3.05, 3.63) is 24.5 Å². The Morgan fingerprint density at radius 3 is 3.07 bits per heavy atom. The van der Waals surface area contributed by atoms with Crippen LogP contribution < -0.4 is 11.1 Å². The van der Waals surface area contributed by atoms with Crippen molar-refractivity contribution in [2.45, 2.75) is 13.0 Å². The van der Waals surface area contributed by atoms with Crippen molar-refractivity contribution in [3.8, 4) is 0 Å². The highest BCUT2D eigenvalue weighted by atomic mass is 15.0. The highest BCUT2D eigenvalue weighted by Gasteiger charge is 2.05. The summed E-state index contributed by atoms with van der Waals surface area (Å²) in [5.41, 5.74) is 6.82. The molecular weight excluding hydrogens is 188 g/mol. The molecular formula is C11H16N4. The molecule has 2 aromatic heterocycles. The molecule has 0 aliphatic heterocycles. The van der Waals surface area contributed by atoms with Gasteiger partial charge >= 0.3 is 0 Å². The van der Waals surface area contributed by atoms with Crippen LogP contribution in [0.3, 0.4) is 0 Å². The summed E-state index contributed by atoms with van der Waals surface area (Å²) in [7, 11) is 2.01. The van der Waals surface area contributed by atoms with Crippen molar-refractivity contribution in [1.82, 2.24) is 9.55 Å². The fraction of sp³-hybridized carbons (Fsp3) is 0.364. The second kappa shape index (κ2) is 3.90. The maximum absolute atomic E-state index is 5.70. The summed E-state index contributed by atoms with van der Waals surface area (Å²) < 4.78 is 2.06. The van der Waals surface area contributed by atoms with Gasteiger partial charge in [0.05, 0.1) is 5.52 Å². The largest absolute Gasteiger partial charge is 0.367 e. The molecule has 0 amide bonds. The van der Waals surface area contributed by atoms with E-state index in [1.807, 2.05) is 32.4 Å². The standard InChI is InChI=1S/C11H16N4/c1-8(12)7-14-11-10-9(3-5-13-11)4-6-15(10)2/h3-6,8H,7,12H2,1-2H3,(H,13,14). The lowest BCUT2D eigenvalue weighted by Gasteiger charge is -2.10. The first-order valence-corrected chi connectivity index (χ1v) is 5.08. The van der Waals surface area contributed by atoms with Gasteiger partial charge in [-0.1, -0.05) is 0 Å². The molecule has 0 aromatic carbocycles. The minimum atomic E-state index is 0.127. The Kier molecular flexibility index (Phi) is 2.60. The van der Waals surface area contributed by atoms with Crippen LogP contribution in [0, 0.1) is 0 Å². The van der Waals surface area contributed by atoms with Gasteiger partial charge < -0.3 is 15.6 Å². The van der Waals surface area contributed by atoms with Crippen LogP contribution >= 0.6 is 0 Å². The molecule has 0 aliphatic rings. The molecule has 2 aromatic rings. The second-order valence-corrected chi connectivity index (χ2v) is 3.88. The van der Waals surface area contributed by atoms with Crippen LogP contribution in [-0.2, 0) is 7.05 Å². The van der Waals surface area contributed by atoms with E-state index in [2.05, 4.69) is 20.9 Å². The number of nitrogens with two attached hydrogens (primary N) is 1. The topological polar surface area (TPSA) is 55.9 Å². The van der Waals surface area contributed by atoms with E-state index in [0.29, 0.717) is 0 Å². The van der Waals surface area contributed by atoms with Crippen molar-refractivity contribution < 1.29 is 0 Å². The van der Waals surface area contributed by atoms with Gasteiger partial charge in [-0.3, -0.25) is 0 Å². The van der Waals surface area contributed by atoms with Crippen molar-refractivity contribution in [1.29, 1.82) is 0 Å². The number of aryl methyl sites for hydroxylation is 1. The molecule has 80 valence electrons. The number of anilines is 1. The van der Waals surface area contributed by atoms with Gasteiger partial charge in [0.2, 0.25) is 0 Å². The monoisotopic (exact) mass is 204 g/mol. The first-order chi connectivity index (χ1) is 7.18. The molecule has 0 spiro atoms. The molecule has 0 bridgehead atoms.